The fourth-order valence-corrected chi connectivity index (χ4v) is 2.99. The summed E-state index contributed by atoms with van der Waals surface area (Å²) in [7, 11) is 1.68. The zero-order valence-electron chi connectivity index (χ0n) is 14.7. The molecule has 128 valence electrons. The summed E-state index contributed by atoms with van der Waals surface area (Å²) in [5.74, 6) is -0.114. The fourth-order valence-electron chi connectivity index (χ4n) is 2.99. The second kappa shape index (κ2) is 5.84. The smallest absolute Gasteiger partial charge is 0.255 e. The normalized spacial score (nSPS) is 15.4. The van der Waals surface area contributed by atoms with Gasteiger partial charge in [0, 0.05) is 48.5 Å². The van der Waals surface area contributed by atoms with E-state index in [1.54, 1.807) is 43.6 Å². The lowest BCUT2D eigenvalue weighted by molar-refractivity contribution is -0.116. The summed E-state index contributed by atoms with van der Waals surface area (Å²) in [5.41, 5.74) is 1.65. The first-order chi connectivity index (χ1) is 11.7. The molecule has 25 heavy (non-hydrogen) atoms. The number of anilines is 1. The van der Waals surface area contributed by atoms with Gasteiger partial charge in [0.2, 0.25) is 5.91 Å². The number of hydrogen-bond donors (Lipinski definition) is 0. The van der Waals surface area contributed by atoms with E-state index in [4.69, 9.17) is 0 Å². The zero-order chi connectivity index (χ0) is 18.4. The van der Waals surface area contributed by atoms with Crippen molar-refractivity contribution in [3.05, 3.63) is 70.2 Å². The number of carbonyl (C=O) groups excluding carboxylic acids is 2. The van der Waals surface area contributed by atoms with Crippen molar-refractivity contribution in [2.75, 3.05) is 11.9 Å². The molecule has 0 saturated carbocycles. The highest BCUT2D eigenvalue weighted by atomic mass is 16.2. The SMILES string of the molecule is CC(=O)N(C)c1ccc2c(c1)C(n1ccccc1=O)=CC(C)(C)C2=O. The molecule has 0 bridgehead atoms. The molecular weight excluding hydrogens is 316 g/mol. The summed E-state index contributed by atoms with van der Waals surface area (Å²) >= 11 is 0. The molecule has 5 heteroatoms. The number of amides is 1. The summed E-state index contributed by atoms with van der Waals surface area (Å²) < 4.78 is 1.53. The maximum Gasteiger partial charge on any atom is 0.255 e. The maximum absolute atomic E-state index is 12.8. The van der Waals surface area contributed by atoms with Crippen LogP contribution in [0.2, 0.25) is 0 Å². The van der Waals surface area contributed by atoms with E-state index in [1.807, 2.05) is 19.9 Å². The van der Waals surface area contributed by atoms with Gasteiger partial charge in [0.15, 0.2) is 5.78 Å². The third kappa shape index (κ3) is 2.82. The second-order valence-corrected chi connectivity index (χ2v) is 6.80. The number of allylic oxidation sites excluding steroid dienone is 1. The molecule has 1 aromatic carbocycles. The Hall–Kier alpha value is -2.95. The molecule has 1 aliphatic carbocycles. The van der Waals surface area contributed by atoms with Gasteiger partial charge in [-0.3, -0.25) is 19.0 Å². The molecule has 1 amide bonds. The summed E-state index contributed by atoms with van der Waals surface area (Å²) in [4.78, 5) is 38.3. The Morgan fingerprint density at radius 1 is 1.08 bits per heavy atom. The number of benzene rings is 1. The van der Waals surface area contributed by atoms with Crippen LogP contribution in [-0.4, -0.2) is 23.3 Å². The third-order valence-corrected chi connectivity index (χ3v) is 4.55. The molecule has 0 N–H and O–H groups in total. The Labute approximate surface area is 146 Å². The van der Waals surface area contributed by atoms with E-state index >= 15 is 0 Å². The lowest BCUT2D eigenvalue weighted by atomic mass is 9.76. The van der Waals surface area contributed by atoms with Crippen LogP contribution in [0.4, 0.5) is 5.69 Å². The van der Waals surface area contributed by atoms with Crippen LogP contribution in [0.15, 0.2) is 53.5 Å². The van der Waals surface area contributed by atoms with E-state index in [0.29, 0.717) is 22.5 Å². The van der Waals surface area contributed by atoms with E-state index < -0.39 is 5.41 Å². The van der Waals surface area contributed by atoms with Gasteiger partial charge < -0.3 is 4.90 Å². The van der Waals surface area contributed by atoms with Crippen LogP contribution in [0.3, 0.4) is 0 Å². The number of nitrogens with zero attached hydrogens (tertiary/aromatic N) is 2. The highest BCUT2D eigenvalue weighted by Gasteiger charge is 2.35. The third-order valence-electron chi connectivity index (χ3n) is 4.55. The Morgan fingerprint density at radius 3 is 2.44 bits per heavy atom. The Bertz CT molecular complexity index is 967. The average molecular weight is 336 g/mol. The molecule has 0 fully saturated rings. The molecule has 2 aromatic rings. The summed E-state index contributed by atoms with van der Waals surface area (Å²) in [6.45, 7) is 5.15. The number of carbonyl (C=O) groups is 2. The van der Waals surface area contributed by atoms with Gasteiger partial charge in [0.05, 0.1) is 5.70 Å². The lowest BCUT2D eigenvalue weighted by Gasteiger charge is -2.30. The van der Waals surface area contributed by atoms with Crippen molar-refractivity contribution in [3.63, 3.8) is 0 Å². The highest BCUT2D eigenvalue weighted by molar-refractivity contribution is 6.09. The van der Waals surface area contributed by atoms with Crippen molar-refractivity contribution in [2.24, 2.45) is 5.41 Å². The molecular formula is C20H20N2O3. The minimum atomic E-state index is -0.717. The van der Waals surface area contributed by atoms with E-state index in [9.17, 15) is 14.4 Å². The van der Waals surface area contributed by atoms with Gasteiger partial charge in [0.25, 0.3) is 5.56 Å². The predicted octanol–water partition coefficient (Wildman–Crippen LogP) is 2.94. The average Bonchev–Trinajstić information content (AvgIpc) is 2.57. The largest absolute Gasteiger partial charge is 0.316 e. The van der Waals surface area contributed by atoms with Crippen molar-refractivity contribution in [1.29, 1.82) is 0 Å². The number of pyridine rings is 1. The van der Waals surface area contributed by atoms with Crippen LogP contribution >= 0.6 is 0 Å². The van der Waals surface area contributed by atoms with Crippen molar-refractivity contribution in [3.8, 4) is 0 Å². The van der Waals surface area contributed by atoms with Crippen LogP contribution in [0.5, 0.6) is 0 Å². The van der Waals surface area contributed by atoms with E-state index in [1.165, 1.54) is 22.5 Å². The molecule has 1 aromatic heterocycles. The molecule has 0 aliphatic heterocycles. The fraction of sp³-hybridized carbons (Fsp3) is 0.250. The topological polar surface area (TPSA) is 59.4 Å². The van der Waals surface area contributed by atoms with Gasteiger partial charge in [-0.1, -0.05) is 6.07 Å². The lowest BCUT2D eigenvalue weighted by Crippen LogP contribution is -2.31. The van der Waals surface area contributed by atoms with E-state index in [2.05, 4.69) is 0 Å². The van der Waals surface area contributed by atoms with Gasteiger partial charge in [-0.15, -0.1) is 0 Å². The molecule has 0 saturated heterocycles. The van der Waals surface area contributed by atoms with Gasteiger partial charge in [0.1, 0.15) is 0 Å². The Kier molecular flexibility index (Phi) is 3.95. The summed E-state index contributed by atoms with van der Waals surface area (Å²) in [5, 5.41) is 0. The Morgan fingerprint density at radius 2 is 1.80 bits per heavy atom. The quantitative estimate of drug-likeness (QED) is 0.847. The minimum absolute atomic E-state index is 0.00717. The van der Waals surface area contributed by atoms with Crippen molar-refractivity contribution >= 4 is 23.1 Å². The van der Waals surface area contributed by atoms with Gasteiger partial charge >= 0.3 is 0 Å². The van der Waals surface area contributed by atoms with Crippen LogP contribution in [0.25, 0.3) is 5.70 Å². The molecule has 0 radical (unpaired) electrons. The highest BCUT2D eigenvalue weighted by Crippen LogP contribution is 2.38. The van der Waals surface area contributed by atoms with Crippen molar-refractivity contribution in [1.82, 2.24) is 4.57 Å². The Balaban J connectivity index is 2.28. The number of ketones is 1. The molecule has 0 spiro atoms. The molecule has 3 rings (SSSR count). The minimum Gasteiger partial charge on any atom is -0.316 e. The zero-order valence-corrected chi connectivity index (χ0v) is 14.7. The number of rotatable bonds is 2. The standard InChI is InChI=1S/C20H20N2O3/c1-13(23)21(4)14-8-9-15-16(11-14)17(12-20(2,3)19(15)25)22-10-6-5-7-18(22)24/h5-12H,1-4H3. The van der Waals surface area contributed by atoms with Crippen molar-refractivity contribution < 1.29 is 9.59 Å². The molecule has 1 aliphatic rings. The summed E-state index contributed by atoms with van der Waals surface area (Å²) in [6, 6.07) is 10.2. The maximum atomic E-state index is 12.8. The molecule has 5 nitrogen and oxygen atoms in total. The number of fused-ring (bicyclic) bond motifs is 1. The second-order valence-electron chi connectivity index (χ2n) is 6.80. The van der Waals surface area contributed by atoms with Crippen LogP contribution in [0.1, 0.15) is 36.7 Å². The monoisotopic (exact) mass is 336 g/mol. The number of hydrogen-bond acceptors (Lipinski definition) is 3. The van der Waals surface area contributed by atoms with Crippen LogP contribution in [-0.2, 0) is 4.79 Å². The predicted molar refractivity (Wildman–Crippen MR) is 97.7 cm³/mol. The first kappa shape index (κ1) is 16.9. The molecule has 1 heterocycles. The van der Waals surface area contributed by atoms with E-state index in [-0.39, 0.29) is 17.2 Å². The first-order valence-electron chi connectivity index (χ1n) is 8.07. The van der Waals surface area contributed by atoms with Gasteiger partial charge in [-0.25, -0.2) is 0 Å². The van der Waals surface area contributed by atoms with Crippen LogP contribution < -0.4 is 10.5 Å². The molecule has 0 unspecified atom stereocenters. The molecule has 0 atom stereocenters. The van der Waals surface area contributed by atoms with Gasteiger partial charge in [-0.2, -0.15) is 0 Å². The van der Waals surface area contributed by atoms with Crippen LogP contribution in [0, 0.1) is 5.41 Å². The summed E-state index contributed by atoms with van der Waals surface area (Å²) in [6.07, 6.45) is 3.50. The number of aromatic nitrogens is 1. The van der Waals surface area contributed by atoms with Crippen molar-refractivity contribution in [2.45, 2.75) is 20.8 Å². The van der Waals surface area contributed by atoms with E-state index in [0.717, 1.165) is 0 Å². The number of Topliss-reactive ketones (excluding diaryl/α,β-unsaturated/α-hetero) is 1. The first-order valence-corrected chi connectivity index (χ1v) is 8.07. The van der Waals surface area contributed by atoms with Gasteiger partial charge in [-0.05, 0) is 44.2 Å².